The Morgan fingerprint density at radius 2 is 1.96 bits per heavy atom. The smallest absolute Gasteiger partial charge is 0.227 e. The molecule has 2 fully saturated rings. The van der Waals surface area contributed by atoms with Crippen molar-refractivity contribution >= 4 is 11.6 Å². The fourth-order valence-corrected chi connectivity index (χ4v) is 4.61. The van der Waals surface area contributed by atoms with Gasteiger partial charge in [0.05, 0.1) is 12.5 Å². The van der Waals surface area contributed by atoms with Gasteiger partial charge in [-0.05, 0) is 43.0 Å². The van der Waals surface area contributed by atoms with E-state index in [9.17, 15) is 14.3 Å². The first-order valence-electron chi connectivity index (χ1n) is 9.92. The Kier molecular flexibility index (Phi) is 5.31. The third-order valence-corrected chi connectivity index (χ3v) is 6.17. The number of piperidine rings is 2. The third kappa shape index (κ3) is 3.74. The minimum absolute atomic E-state index is 0.0624. The number of hydrogen-bond donors (Lipinski definition) is 1. The lowest BCUT2D eigenvalue weighted by molar-refractivity contribution is -0.137. The van der Waals surface area contributed by atoms with Crippen molar-refractivity contribution in [2.75, 3.05) is 31.1 Å². The number of pyridine rings is 1. The van der Waals surface area contributed by atoms with Crippen LogP contribution < -0.4 is 4.90 Å². The van der Waals surface area contributed by atoms with Crippen molar-refractivity contribution in [2.45, 2.75) is 31.8 Å². The Balaban J connectivity index is 1.49. The van der Waals surface area contributed by atoms with Gasteiger partial charge in [-0.25, -0.2) is 4.39 Å². The second-order valence-electron chi connectivity index (χ2n) is 7.98. The van der Waals surface area contributed by atoms with Gasteiger partial charge in [0, 0.05) is 49.7 Å². The van der Waals surface area contributed by atoms with Crippen molar-refractivity contribution in [3.05, 3.63) is 60.2 Å². The van der Waals surface area contributed by atoms with Gasteiger partial charge in [0.1, 0.15) is 5.82 Å². The molecule has 1 aromatic carbocycles. The summed E-state index contributed by atoms with van der Waals surface area (Å²) >= 11 is 0. The molecule has 0 aliphatic carbocycles. The zero-order valence-corrected chi connectivity index (χ0v) is 15.9. The summed E-state index contributed by atoms with van der Waals surface area (Å²) in [7, 11) is 0. The van der Waals surface area contributed by atoms with Crippen molar-refractivity contribution in [2.24, 2.45) is 5.41 Å². The fraction of sp³-hybridized carbons (Fsp3) is 0.455. The molecule has 1 N–H and O–H groups in total. The van der Waals surface area contributed by atoms with Gasteiger partial charge in [-0.1, -0.05) is 18.2 Å². The van der Waals surface area contributed by atoms with E-state index in [1.165, 1.54) is 6.07 Å². The number of carbonyl (C=O) groups is 1. The number of halogens is 1. The summed E-state index contributed by atoms with van der Waals surface area (Å²) in [4.78, 5) is 21.0. The quantitative estimate of drug-likeness (QED) is 0.885. The number of rotatable bonds is 3. The maximum absolute atomic E-state index is 13.9. The predicted octanol–water partition coefficient (Wildman–Crippen LogP) is 2.64. The SMILES string of the molecule is O=C(Cc1ccccc1F)N1CCC[C@]2(C1)CN(c1ccncc1)CC[C@H]2O. The van der Waals surface area contributed by atoms with Crippen LogP contribution in [-0.4, -0.2) is 53.2 Å². The second-order valence-corrected chi connectivity index (χ2v) is 7.98. The molecular formula is C22H26FN3O2. The summed E-state index contributed by atoms with van der Waals surface area (Å²) < 4.78 is 13.9. The molecule has 148 valence electrons. The number of aliphatic hydroxyl groups excluding tert-OH is 1. The maximum Gasteiger partial charge on any atom is 0.227 e. The Bertz CT molecular complexity index is 832. The minimum Gasteiger partial charge on any atom is -0.392 e. The highest BCUT2D eigenvalue weighted by molar-refractivity contribution is 5.79. The van der Waals surface area contributed by atoms with E-state index >= 15 is 0 Å². The summed E-state index contributed by atoms with van der Waals surface area (Å²) in [5, 5.41) is 10.8. The van der Waals surface area contributed by atoms with E-state index in [1.54, 1.807) is 30.6 Å². The van der Waals surface area contributed by atoms with E-state index in [0.29, 0.717) is 31.6 Å². The van der Waals surface area contributed by atoms with Crippen LogP contribution in [0.25, 0.3) is 0 Å². The summed E-state index contributed by atoms with van der Waals surface area (Å²) in [6.45, 7) is 2.68. The maximum atomic E-state index is 13.9. The lowest BCUT2D eigenvalue weighted by Gasteiger charge is -2.51. The second kappa shape index (κ2) is 7.87. The van der Waals surface area contributed by atoms with Gasteiger partial charge >= 0.3 is 0 Å². The van der Waals surface area contributed by atoms with Crippen LogP contribution in [0.3, 0.4) is 0 Å². The Labute approximate surface area is 164 Å². The highest BCUT2D eigenvalue weighted by Crippen LogP contribution is 2.40. The first kappa shape index (κ1) is 18.9. The topological polar surface area (TPSA) is 56.7 Å². The molecule has 1 spiro atoms. The van der Waals surface area contributed by atoms with Gasteiger partial charge in [0.15, 0.2) is 0 Å². The average Bonchev–Trinajstić information content (AvgIpc) is 2.73. The zero-order chi connectivity index (χ0) is 19.6. The lowest BCUT2D eigenvalue weighted by Crippen LogP contribution is -2.60. The molecule has 1 aromatic heterocycles. The van der Waals surface area contributed by atoms with E-state index in [4.69, 9.17) is 0 Å². The Morgan fingerprint density at radius 1 is 1.18 bits per heavy atom. The molecule has 2 saturated heterocycles. The van der Waals surface area contributed by atoms with E-state index < -0.39 is 6.10 Å². The number of nitrogens with zero attached hydrogens (tertiary/aromatic N) is 3. The molecule has 6 heteroatoms. The van der Waals surface area contributed by atoms with Crippen LogP contribution in [0, 0.1) is 11.2 Å². The van der Waals surface area contributed by atoms with E-state index in [2.05, 4.69) is 9.88 Å². The van der Waals surface area contributed by atoms with Crippen molar-refractivity contribution in [3.8, 4) is 0 Å². The molecule has 2 aliphatic rings. The molecule has 4 rings (SSSR count). The summed E-state index contributed by atoms with van der Waals surface area (Å²) in [6.07, 6.45) is 5.60. The van der Waals surface area contributed by atoms with Crippen molar-refractivity contribution < 1.29 is 14.3 Å². The van der Waals surface area contributed by atoms with Gasteiger partial charge in [0.25, 0.3) is 0 Å². The van der Waals surface area contributed by atoms with Crippen LogP contribution in [0.1, 0.15) is 24.8 Å². The molecule has 5 nitrogen and oxygen atoms in total. The molecule has 2 atom stereocenters. The minimum atomic E-state index is -0.436. The van der Waals surface area contributed by atoms with Gasteiger partial charge in [-0.15, -0.1) is 0 Å². The number of amides is 1. The molecule has 2 aliphatic heterocycles. The first-order chi connectivity index (χ1) is 13.6. The lowest BCUT2D eigenvalue weighted by atomic mass is 9.71. The van der Waals surface area contributed by atoms with Gasteiger partial charge < -0.3 is 14.9 Å². The van der Waals surface area contributed by atoms with Crippen LogP contribution >= 0.6 is 0 Å². The van der Waals surface area contributed by atoms with E-state index in [-0.39, 0.29) is 23.6 Å². The largest absolute Gasteiger partial charge is 0.392 e. The highest BCUT2D eigenvalue weighted by Gasteiger charge is 2.46. The molecule has 0 bridgehead atoms. The molecular weight excluding hydrogens is 357 g/mol. The van der Waals surface area contributed by atoms with Crippen LogP contribution in [0.2, 0.25) is 0 Å². The number of hydrogen-bond acceptors (Lipinski definition) is 4. The Hall–Kier alpha value is -2.47. The monoisotopic (exact) mass is 383 g/mol. The number of anilines is 1. The van der Waals surface area contributed by atoms with E-state index in [0.717, 1.165) is 25.1 Å². The average molecular weight is 383 g/mol. The molecule has 0 unspecified atom stereocenters. The summed E-state index contributed by atoms with van der Waals surface area (Å²) in [5.74, 6) is -0.415. The predicted molar refractivity (Wildman–Crippen MR) is 105 cm³/mol. The molecule has 0 radical (unpaired) electrons. The normalized spacial score (nSPS) is 25.1. The molecule has 28 heavy (non-hydrogen) atoms. The molecule has 0 saturated carbocycles. The summed E-state index contributed by atoms with van der Waals surface area (Å²) in [5.41, 5.74) is 1.18. The van der Waals surface area contributed by atoms with Gasteiger partial charge in [-0.3, -0.25) is 9.78 Å². The summed E-state index contributed by atoms with van der Waals surface area (Å²) in [6, 6.07) is 10.4. The molecule has 1 amide bonds. The number of likely N-dealkylation sites (tertiary alicyclic amines) is 1. The van der Waals surface area contributed by atoms with Crippen molar-refractivity contribution in [1.29, 1.82) is 0 Å². The van der Waals surface area contributed by atoms with E-state index in [1.807, 2.05) is 17.0 Å². The first-order valence-corrected chi connectivity index (χ1v) is 9.92. The van der Waals surface area contributed by atoms with Crippen LogP contribution in [0.15, 0.2) is 48.8 Å². The van der Waals surface area contributed by atoms with Crippen LogP contribution in [0.5, 0.6) is 0 Å². The standard InChI is InChI=1S/C22H26FN3O2/c23-19-5-2-1-4-17(19)14-21(28)26-12-3-9-22(16-26)15-25(13-8-20(22)27)18-6-10-24-11-7-18/h1-2,4-7,10-11,20,27H,3,8-9,12-16H2/t20-,22-/m1/s1. The zero-order valence-electron chi connectivity index (χ0n) is 15.9. The number of carbonyl (C=O) groups excluding carboxylic acids is 1. The van der Waals surface area contributed by atoms with Gasteiger partial charge in [0.2, 0.25) is 5.91 Å². The fourth-order valence-electron chi connectivity index (χ4n) is 4.61. The number of aliphatic hydroxyl groups is 1. The number of aromatic nitrogens is 1. The number of benzene rings is 1. The molecule has 2 aromatic rings. The van der Waals surface area contributed by atoms with Crippen molar-refractivity contribution in [1.82, 2.24) is 9.88 Å². The van der Waals surface area contributed by atoms with Crippen molar-refractivity contribution in [3.63, 3.8) is 0 Å². The third-order valence-electron chi connectivity index (χ3n) is 6.17. The Morgan fingerprint density at radius 3 is 2.75 bits per heavy atom. The highest BCUT2D eigenvalue weighted by atomic mass is 19.1. The van der Waals surface area contributed by atoms with Crippen LogP contribution in [0.4, 0.5) is 10.1 Å². The van der Waals surface area contributed by atoms with Crippen LogP contribution in [-0.2, 0) is 11.2 Å². The van der Waals surface area contributed by atoms with Gasteiger partial charge in [-0.2, -0.15) is 0 Å². The molecule has 3 heterocycles.